The molecule has 1 N–H and O–H groups in total. The molecule has 20 heavy (non-hydrogen) atoms. The molecule has 2 heteroatoms. The van der Waals surface area contributed by atoms with E-state index in [4.69, 9.17) is 4.74 Å². The minimum Gasteiger partial charge on any atom is -0.496 e. The van der Waals surface area contributed by atoms with Gasteiger partial charge in [-0.25, -0.2) is 0 Å². The van der Waals surface area contributed by atoms with Crippen LogP contribution in [-0.4, -0.2) is 13.7 Å². The number of ether oxygens (including phenoxy) is 1. The number of rotatable bonds is 3. The molecule has 0 radical (unpaired) electrons. The fraction of sp³-hybridized carbons (Fsp3) is 0.333. The van der Waals surface area contributed by atoms with Gasteiger partial charge in [-0.1, -0.05) is 37.3 Å². The number of aryl methyl sites for hydroxylation is 1. The Kier molecular flexibility index (Phi) is 3.64. The normalized spacial score (nSPS) is 17.2. The summed E-state index contributed by atoms with van der Waals surface area (Å²) < 4.78 is 5.59. The third-order valence-electron chi connectivity index (χ3n) is 4.16. The van der Waals surface area contributed by atoms with E-state index < -0.39 is 0 Å². The molecule has 2 nitrogen and oxygen atoms in total. The molecule has 1 aliphatic heterocycles. The first kappa shape index (κ1) is 13.0. The Morgan fingerprint density at radius 3 is 2.80 bits per heavy atom. The monoisotopic (exact) mass is 267 g/mol. The maximum atomic E-state index is 5.59. The van der Waals surface area contributed by atoms with Gasteiger partial charge in [0.05, 0.1) is 7.11 Å². The van der Waals surface area contributed by atoms with E-state index in [9.17, 15) is 0 Å². The minimum absolute atomic E-state index is 0.425. The van der Waals surface area contributed by atoms with E-state index in [1.165, 1.54) is 22.4 Å². The second kappa shape index (κ2) is 5.58. The highest BCUT2D eigenvalue weighted by Crippen LogP contribution is 2.40. The van der Waals surface area contributed by atoms with E-state index in [1.54, 1.807) is 7.11 Å². The molecule has 0 aromatic heterocycles. The van der Waals surface area contributed by atoms with E-state index in [0.717, 1.165) is 25.1 Å². The van der Waals surface area contributed by atoms with Crippen LogP contribution in [0.3, 0.4) is 0 Å². The first-order valence-corrected chi connectivity index (χ1v) is 7.33. The van der Waals surface area contributed by atoms with Gasteiger partial charge < -0.3 is 10.1 Å². The van der Waals surface area contributed by atoms with Crippen LogP contribution in [0.1, 0.15) is 36.0 Å². The second-order valence-electron chi connectivity index (χ2n) is 5.29. The van der Waals surface area contributed by atoms with Gasteiger partial charge in [-0.2, -0.15) is 0 Å². The molecule has 104 valence electrons. The van der Waals surface area contributed by atoms with Crippen molar-refractivity contribution in [2.45, 2.75) is 25.7 Å². The van der Waals surface area contributed by atoms with Gasteiger partial charge in [-0.05, 0) is 36.1 Å². The summed E-state index contributed by atoms with van der Waals surface area (Å²) in [4.78, 5) is 0. The Bertz CT molecular complexity index is 606. The lowest BCUT2D eigenvalue weighted by molar-refractivity contribution is 0.406. The molecule has 0 aliphatic carbocycles. The van der Waals surface area contributed by atoms with Crippen molar-refractivity contribution in [2.24, 2.45) is 0 Å². The SMILES string of the molecule is CCc1ccc(OC)c(C2CCNc3ccccc32)c1. The van der Waals surface area contributed by atoms with E-state index in [0.29, 0.717) is 5.92 Å². The zero-order chi connectivity index (χ0) is 13.9. The Hall–Kier alpha value is -1.96. The Balaban J connectivity index is 2.09. The molecule has 3 rings (SSSR count). The summed E-state index contributed by atoms with van der Waals surface area (Å²) in [6.07, 6.45) is 2.17. The number of fused-ring (bicyclic) bond motifs is 1. The zero-order valence-electron chi connectivity index (χ0n) is 12.1. The average molecular weight is 267 g/mol. The van der Waals surface area contributed by atoms with Gasteiger partial charge in [0.1, 0.15) is 5.75 Å². The summed E-state index contributed by atoms with van der Waals surface area (Å²) in [5.74, 6) is 1.43. The van der Waals surface area contributed by atoms with Crippen molar-refractivity contribution in [2.75, 3.05) is 19.0 Å². The predicted molar refractivity (Wildman–Crippen MR) is 83.8 cm³/mol. The van der Waals surface area contributed by atoms with Gasteiger partial charge in [0.25, 0.3) is 0 Å². The summed E-state index contributed by atoms with van der Waals surface area (Å²) in [7, 11) is 1.76. The van der Waals surface area contributed by atoms with Gasteiger partial charge in [-0.3, -0.25) is 0 Å². The first-order chi connectivity index (χ1) is 9.83. The lowest BCUT2D eigenvalue weighted by atomic mass is 9.84. The fourth-order valence-corrected chi connectivity index (χ4v) is 3.07. The molecule has 0 bridgehead atoms. The molecular formula is C18H21NO. The number of para-hydroxylation sites is 1. The lowest BCUT2D eigenvalue weighted by Gasteiger charge is -2.28. The van der Waals surface area contributed by atoms with Crippen molar-refractivity contribution in [3.8, 4) is 5.75 Å². The zero-order valence-corrected chi connectivity index (χ0v) is 12.1. The molecule has 0 spiro atoms. The topological polar surface area (TPSA) is 21.3 Å². The molecule has 0 amide bonds. The van der Waals surface area contributed by atoms with Gasteiger partial charge >= 0.3 is 0 Å². The van der Waals surface area contributed by atoms with Crippen molar-refractivity contribution in [1.29, 1.82) is 0 Å². The molecule has 0 saturated heterocycles. The van der Waals surface area contributed by atoms with Crippen molar-refractivity contribution < 1.29 is 4.74 Å². The van der Waals surface area contributed by atoms with Crippen molar-refractivity contribution in [1.82, 2.24) is 0 Å². The predicted octanol–water partition coefficient (Wildman–Crippen LogP) is 4.21. The summed E-state index contributed by atoms with van der Waals surface area (Å²) in [6, 6.07) is 15.2. The van der Waals surface area contributed by atoms with E-state index >= 15 is 0 Å². The van der Waals surface area contributed by atoms with E-state index in [-0.39, 0.29) is 0 Å². The highest BCUT2D eigenvalue weighted by Gasteiger charge is 2.24. The average Bonchev–Trinajstić information content (AvgIpc) is 2.53. The molecule has 2 aromatic rings. The number of hydrogen-bond acceptors (Lipinski definition) is 2. The lowest BCUT2D eigenvalue weighted by Crippen LogP contribution is -2.18. The second-order valence-corrected chi connectivity index (χ2v) is 5.29. The largest absolute Gasteiger partial charge is 0.496 e. The smallest absolute Gasteiger partial charge is 0.122 e. The van der Waals surface area contributed by atoms with E-state index in [1.807, 2.05) is 0 Å². The molecule has 1 heterocycles. The highest BCUT2D eigenvalue weighted by molar-refractivity contribution is 5.59. The maximum Gasteiger partial charge on any atom is 0.122 e. The van der Waals surface area contributed by atoms with Gasteiger partial charge in [0.15, 0.2) is 0 Å². The maximum absolute atomic E-state index is 5.59. The Morgan fingerprint density at radius 2 is 2.00 bits per heavy atom. The van der Waals surface area contributed by atoms with Gasteiger partial charge in [-0.15, -0.1) is 0 Å². The Labute approximate surface area is 120 Å². The third-order valence-corrected chi connectivity index (χ3v) is 4.16. The Morgan fingerprint density at radius 1 is 1.15 bits per heavy atom. The van der Waals surface area contributed by atoms with Gasteiger partial charge in [0, 0.05) is 23.7 Å². The van der Waals surface area contributed by atoms with Crippen LogP contribution in [0.15, 0.2) is 42.5 Å². The number of anilines is 1. The van der Waals surface area contributed by atoms with Crippen LogP contribution in [0, 0.1) is 0 Å². The molecule has 1 atom stereocenters. The summed E-state index contributed by atoms with van der Waals surface area (Å²) in [5, 5.41) is 3.49. The number of benzene rings is 2. The number of hydrogen-bond donors (Lipinski definition) is 1. The molecule has 1 unspecified atom stereocenters. The molecular weight excluding hydrogens is 246 g/mol. The van der Waals surface area contributed by atoms with Crippen molar-refractivity contribution >= 4 is 5.69 Å². The summed E-state index contributed by atoms with van der Waals surface area (Å²) >= 11 is 0. The van der Waals surface area contributed by atoms with Crippen LogP contribution >= 0.6 is 0 Å². The van der Waals surface area contributed by atoms with Crippen LogP contribution in [0.2, 0.25) is 0 Å². The van der Waals surface area contributed by atoms with Crippen LogP contribution in [0.4, 0.5) is 5.69 Å². The molecule has 2 aromatic carbocycles. The van der Waals surface area contributed by atoms with Gasteiger partial charge in [0.2, 0.25) is 0 Å². The van der Waals surface area contributed by atoms with Crippen LogP contribution in [0.25, 0.3) is 0 Å². The number of nitrogens with one attached hydrogen (secondary N) is 1. The quantitative estimate of drug-likeness (QED) is 0.899. The van der Waals surface area contributed by atoms with Crippen LogP contribution in [-0.2, 0) is 6.42 Å². The highest BCUT2D eigenvalue weighted by atomic mass is 16.5. The van der Waals surface area contributed by atoms with Crippen molar-refractivity contribution in [3.63, 3.8) is 0 Å². The fourth-order valence-electron chi connectivity index (χ4n) is 3.07. The summed E-state index contributed by atoms with van der Waals surface area (Å²) in [5.41, 5.74) is 5.33. The van der Waals surface area contributed by atoms with Crippen LogP contribution < -0.4 is 10.1 Å². The molecule has 1 aliphatic rings. The standard InChI is InChI=1S/C18H21NO/c1-3-13-8-9-18(20-2)16(12-13)14-10-11-19-17-7-5-4-6-15(14)17/h4-9,12,14,19H,3,10-11H2,1-2H3. The van der Waals surface area contributed by atoms with E-state index in [2.05, 4.69) is 54.7 Å². The van der Waals surface area contributed by atoms with Crippen LogP contribution in [0.5, 0.6) is 5.75 Å². The minimum atomic E-state index is 0.425. The third kappa shape index (κ3) is 2.26. The molecule has 0 saturated carbocycles. The molecule has 0 fully saturated rings. The van der Waals surface area contributed by atoms with Crippen molar-refractivity contribution in [3.05, 3.63) is 59.2 Å². The number of methoxy groups -OCH3 is 1. The summed E-state index contributed by atoms with van der Waals surface area (Å²) in [6.45, 7) is 3.21. The first-order valence-electron chi connectivity index (χ1n) is 7.33.